The molecule has 0 bridgehead atoms. The Bertz CT molecular complexity index is 715. The van der Waals surface area contributed by atoms with E-state index in [1.807, 2.05) is 63.2 Å². The lowest BCUT2D eigenvalue weighted by molar-refractivity contribution is -0.152. The van der Waals surface area contributed by atoms with Crippen molar-refractivity contribution < 1.29 is 14.3 Å². The first kappa shape index (κ1) is 17.7. The minimum Gasteiger partial charge on any atom is -0.452 e. The highest BCUT2D eigenvalue weighted by molar-refractivity contribution is 5.96. The number of aryl methyl sites for hydroxylation is 3. The lowest BCUT2D eigenvalue weighted by Crippen LogP contribution is -2.31. The third-order valence-corrected chi connectivity index (χ3v) is 3.88. The first-order valence-corrected chi connectivity index (χ1v) is 7.99. The number of para-hydroxylation sites is 1. The molecule has 1 N–H and O–H groups in total. The molecule has 1 amide bonds. The van der Waals surface area contributed by atoms with Crippen molar-refractivity contribution in [2.24, 2.45) is 0 Å². The number of ether oxygens (including phenoxy) is 1. The molecule has 24 heavy (non-hydrogen) atoms. The predicted molar refractivity (Wildman–Crippen MR) is 95.0 cm³/mol. The van der Waals surface area contributed by atoms with Crippen LogP contribution >= 0.6 is 0 Å². The van der Waals surface area contributed by atoms with Crippen LogP contribution in [0.1, 0.15) is 29.2 Å². The number of carbonyl (C=O) groups is 2. The van der Waals surface area contributed by atoms with Crippen LogP contribution in [0.3, 0.4) is 0 Å². The van der Waals surface area contributed by atoms with Crippen molar-refractivity contribution in [1.29, 1.82) is 0 Å². The van der Waals surface area contributed by atoms with Crippen molar-refractivity contribution in [2.45, 2.75) is 40.2 Å². The molecule has 0 aliphatic carbocycles. The van der Waals surface area contributed by atoms with Gasteiger partial charge < -0.3 is 10.1 Å². The molecule has 0 heterocycles. The Labute approximate surface area is 142 Å². The maximum Gasteiger partial charge on any atom is 0.311 e. The Balaban J connectivity index is 1.93. The minimum atomic E-state index is -0.845. The van der Waals surface area contributed by atoms with Gasteiger partial charge in [0.2, 0.25) is 0 Å². The van der Waals surface area contributed by atoms with Gasteiger partial charge in [0.15, 0.2) is 6.10 Å². The van der Waals surface area contributed by atoms with Crippen LogP contribution in [0.5, 0.6) is 0 Å². The van der Waals surface area contributed by atoms with Gasteiger partial charge in [0.05, 0.1) is 6.42 Å². The summed E-state index contributed by atoms with van der Waals surface area (Å²) in [5.74, 6) is -0.743. The Morgan fingerprint density at radius 2 is 1.58 bits per heavy atom. The molecule has 0 aliphatic rings. The molecule has 2 aromatic carbocycles. The normalized spacial score (nSPS) is 11.7. The van der Waals surface area contributed by atoms with Gasteiger partial charge in [-0.3, -0.25) is 9.59 Å². The van der Waals surface area contributed by atoms with Crippen molar-refractivity contribution >= 4 is 17.6 Å². The molecule has 0 radical (unpaired) electrons. The molecule has 2 rings (SSSR count). The summed E-state index contributed by atoms with van der Waals surface area (Å²) in [7, 11) is 0. The number of amides is 1. The van der Waals surface area contributed by atoms with Gasteiger partial charge in [-0.2, -0.15) is 0 Å². The van der Waals surface area contributed by atoms with Gasteiger partial charge in [-0.25, -0.2) is 0 Å². The van der Waals surface area contributed by atoms with Crippen molar-refractivity contribution in [3.8, 4) is 0 Å². The van der Waals surface area contributed by atoms with Gasteiger partial charge in [0.25, 0.3) is 5.91 Å². The molecule has 1 atom stereocenters. The van der Waals surface area contributed by atoms with Crippen molar-refractivity contribution in [1.82, 2.24) is 0 Å². The lowest BCUT2D eigenvalue weighted by atomic mass is 10.1. The van der Waals surface area contributed by atoms with Gasteiger partial charge >= 0.3 is 5.97 Å². The number of nitrogens with one attached hydrogen (secondary N) is 1. The molecule has 0 aromatic heterocycles. The number of carbonyl (C=O) groups excluding carboxylic acids is 2. The van der Waals surface area contributed by atoms with E-state index in [1.165, 1.54) is 0 Å². The van der Waals surface area contributed by atoms with Gasteiger partial charge in [-0.1, -0.05) is 48.0 Å². The van der Waals surface area contributed by atoms with Gasteiger partial charge in [-0.15, -0.1) is 0 Å². The molecule has 0 spiro atoms. The number of esters is 1. The SMILES string of the molecule is Cc1ccc(CC(=O)O[C@H](C)C(=O)Nc2c(C)cccc2C)cc1. The summed E-state index contributed by atoms with van der Waals surface area (Å²) < 4.78 is 5.25. The number of hydrogen-bond acceptors (Lipinski definition) is 3. The van der Waals surface area contributed by atoms with Crippen LogP contribution in [0.15, 0.2) is 42.5 Å². The average molecular weight is 325 g/mol. The molecule has 4 nitrogen and oxygen atoms in total. The van der Waals surface area contributed by atoms with E-state index in [2.05, 4.69) is 5.32 Å². The molecular formula is C20H23NO3. The quantitative estimate of drug-likeness (QED) is 0.852. The van der Waals surface area contributed by atoms with Crippen molar-refractivity contribution in [2.75, 3.05) is 5.32 Å². The zero-order valence-electron chi connectivity index (χ0n) is 14.6. The highest BCUT2D eigenvalue weighted by Gasteiger charge is 2.19. The van der Waals surface area contributed by atoms with Crippen molar-refractivity contribution in [3.05, 3.63) is 64.7 Å². The van der Waals surface area contributed by atoms with Crippen LogP contribution in [-0.4, -0.2) is 18.0 Å². The fourth-order valence-corrected chi connectivity index (χ4v) is 2.40. The van der Waals surface area contributed by atoms with E-state index in [-0.39, 0.29) is 12.3 Å². The smallest absolute Gasteiger partial charge is 0.311 e. The maximum absolute atomic E-state index is 12.3. The number of anilines is 1. The molecule has 126 valence electrons. The highest BCUT2D eigenvalue weighted by Crippen LogP contribution is 2.19. The van der Waals surface area contributed by atoms with E-state index in [4.69, 9.17) is 4.74 Å². The van der Waals surface area contributed by atoms with E-state index in [0.29, 0.717) is 0 Å². The topological polar surface area (TPSA) is 55.4 Å². The number of benzene rings is 2. The van der Waals surface area contributed by atoms with Crippen LogP contribution in [-0.2, 0) is 20.7 Å². The molecule has 0 fully saturated rings. The standard InChI is InChI=1S/C20H23NO3/c1-13-8-10-17(11-9-13)12-18(22)24-16(4)20(23)21-19-14(2)6-5-7-15(19)3/h5-11,16H,12H2,1-4H3,(H,21,23)/t16-/m1/s1. The molecule has 4 heteroatoms. The van der Waals surface area contributed by atoms with Crippen molar-refractivity contribution in [3.63, 3.8) is 0 Å². The second-order valence-corrected chi connectivity index (χ2v) is 6.05. The highest BCUT2D eigenvalue weighted by atomic mass is 16.5. The van der Waals surface area contributed by atoms with Crippen LogP contribution in [0.25, 0.3) is 0 Å². The second-order valence-electron chi connectivity index (χ2n) is 6.05. The number of hydrogen-bond donors (Lipinski definition) is 1. The van der Waals surface area contributed by atoms with Crippen LogP contribution in [0.2, 0.25) is 0 Å². The van der Waals surface area contributed by atoms with Crippen LogP contribution in [0, 0.1) is 20.8 Å². The Hall–Kier alpha value is -2.62. The third kappa shape index (κ3) is 4.69. The zero-order valence-corrected chi connectivity index (χ0v) is 14.6. The van der Waals surface area contributed by atoms with Gasteiger partial charge in [-0.05, 0) is 44.4 Å². The first-order chi connectivity index (χ1) is 11.4. The molecule has 0 saturated carbocycles. The molecule has 2 aromatic rings. The maximum atomic E-state index is 12.3. The Morgan fingerprint density at radius 3 is 2.17 bits per heavy atom. The van der Waals surface area contributed by atoms with E-state index >= 15 is 0 Å². The predicted octanol–water partition coefficient (Wildman–Crippen LogP) is 3.72. The minimum absolute atomic E-state index is 0.154. The summed E-state index contributed by atoms with van der Waals surface area (Å²) in [6, 6.07) is 13.5. The summed E-state index contributed by atoms with van der Waals surface area (Å²) in [5.41, 5.74) is 4.72. The first-order valence-electron chi connectivity index (χ1n) is 7.99. The molecule has 0 saturated heterocycles. The van der Waals surface area contributed by atoms with Crippen LogP contribution < -0.4 is 5.32 Å². The molecular weight excluding hydrogens is 302 g/mol. The Morgan fingerprint density at radius 1 is 1.00 bits per heavy atom. The van der Waals surface area contributed by atoms with E-state index in [1.54, 1.807) is 6.92 Å². The second kappa shape index (κ2) is 7.77. The molecule has 0 aliphatic heterocycles. The summed E-state index contributed by atoms with van der Waals surface area (Å²) in [6.45, 7) is 7.42. The summed E-state index contributed by atoms with van der Waals surface area (Å²) in [4.78, 5) is 24.3. The van der Waals surface area contributed by atoms with Crippen LogP contribution in [0.4, 0.5) is 5.69 Å². The van der Waals surface area contributed by atoms with Gasteiger partial charge in [0, 0.05) is 5.69 Å². The van der Waals surface area contributed by atoms with Gasteiger partial charge in [0.1, 0.15) is 0 Å². The van der Waals surface area contributed by atoms with E-state index in [9.17, 15) is 9.59 Å². The summed E-state index contributed by atoms with van der Waals surface area (Å²) >= 11 is 0. The lowest BCUT2D eigenvalue weighted by Gasteiger charge is -2.16. The zero-order chi connectivity index (χ0) is 17.7. The fourth-order valence-electron chi connectivity index (χ4n) is 2.40. The third-order valence-electron chi connectivity index (χ3n) is 3.88. The van der Waals surface area contributed by atoms with E-state index < -0.39 is 12.1 Å². The summed E-state index contributed by atoms with van der Waals surface area (Å²) in [6.07, 6.45) is -0.691. The Kier molecular flexibility index (Phi) is 5.74. The molecule has 0 unspecified atom stereocenters. The number of rotatable bonds is 5. The monoisotopic (exact) mass is 325 g/mol. The average Bonchev–Trinajstić information content (AvgIpc) is 2.53. The summed E-state index contributed by atoms with van der Waals surface area (Å²) in [5, 5.41) is 2.84. The fraction of sp³-hybridized carbons (Fsp3) is 0.300. The van der Waals surface area contributed by atoms with E-state index in [0.717, 1.165) is 27.9 Å². The largest absolute Gasteiger partial charge is 0.452 e.